The van der Waals surface area contributed by atoms with Gasteiger partial charge in [0.2, 0.25) is 5.95 Å². The summed E-state index contributed by atoms with van der Waals surface area (Å²) in [5, 5.41) is 4.22. The summed E-state index contributed by atoms with van der Waals surface area (Å²) in [6, 6.07) is 46.4. The van der Waals surface area contributed by atoms with Crippen LogP contribution in [-0.2, 0) is 0 Å². The fourth-order valence-corrected chi connectivity index (χ4v) is 6.44. The van der Waals surface area contributed by atoms with Crippen molar-refractivity contribution in [3.63, 3.8) is 0 Å². The molecule has 3 aromatic heterocycles. The predicted molar refractivity (Wildman–Crippen MR) is 184 cm³/mol. The quantitative estimate of drug-likeness (QED) is 0.192. The molecule has 46 heavy (non-hydrogen) atoms. The van der Waals surface area contributed by atoms with Gasteiger partial charge in [-0.1, -0.05) is 109 Å². The monoisotopic (exact) mass is 589 g/mol. The first-order valence-corrected chi connectivity index (χ1v) is 15.0. The second-order valence-corrected chi connectivity index (χ2v) is 11.1. The average Bonchev–Trinajstić information content (AvgIpc) is 3.67. The number of hydrogen-bond acceptors (Lipinski definition) is 4. The Bertz CT molecular complexity index is 2610. The van der Waals surface area contributed by atoms with E-state index in [9.17, 15) is 0 Å². The van der Waals surface area contributed by atoms with Crippen LogP contribution in [0.25, 0.3) is 88.4 Å². The minimum Gasteiger partial charge on any atom is -0.456 e. The Kier molecular flexibility index (Phi) is 5.77. The van der Waals surface area contributed by atoms with Crippen LogP contribution < -0.4 is 0 Å². The summed E-state index contributed by atoms with van der Waals surface area (Å²) in [6.07, 6.45) is 0. The Balaban J connectivity index is 1.28. The van der Waals surface area contributed by atoms with Crippen LogP contribution in [0.5, 0.6) is 0 Å². The minimum absolute atomic E-state index is 0.545. The van der Waals surface area contributed by atoms with Crippen molar-refractivity contribution in [2.24, 2.45) is 0 Å². The van der Waals surface area contributed by atoms with E-state index >= 15 is 0 Å². The van der Waals surface area contributed by atoms with Crippen molar-refractivity contribution < 1.29 is 4.42 Å². The van der Waals surface area contributed by atoms with Crippen molar-refractivity contribution in [2.45, 2.75) is 0 Å². The molecule has 9 rings (SSSR count). The average molecular weight is 590 g/mol. The Labute approximate surface area is 263 Å². The molecule has 0 unspecified atom stereocenters. The maximum absolute atomic E-state index is 7.71. The summed E-state index contributed by atoms with van der Waals surface area (Å²) in [5.74, 6) is 1.68. The summed E-state index contributed by atoms with van der Waals surface area (Å²) < 4.78 is 8.54. The Hall–Kier alpha value is -6.58. The van der Waals surface area contributed by atoms with Gasteiger partial charge >= 0.3 is 0 Å². The molecule has 0 amide bonds. The predicted octanol–water partition coefficient (Wildman–Crippen LogP) is 10.4. The van der Waals surface area contributed by atoms with Crippen LogP contribution in [-0.4, -0.2) is 19.5 Å². The Morgan fingerprint density at radius 2 is 1.17 bits per heavy atom. The van der Waals surface area contributed by atoms with E-state index in [1.54, 1.807) is 0 Å². The molecular formula is C40H23N5O. The molecule has 0 atom stereocenters. The van der Waals surface area contributed by atoms with Crippen molar-refractivity contribution in [2.75, 3.05) is 0 Å². The molecular weight excluding hydrogens is 566 g/mol. The molecule has 0 saturated heterocycles. The molecule has 0 bridgehead atoms. The molecule has 0 aliphatic heterocycles. The highest BCUT2D eigenvalue weighted by Crippen LogP contribution is 2.41. The van der Waals surface area contributed by atoms with E-state index in [1.807, 2.05) is 97.1 Å². The van der Waals surface area contributed by atoms with Gasteiger partial charge in [0.05, 0.1) is 17.6 Å². The van der Waals surface area contributed by atoms with Gasteiger partial charge in [-0.05, 0) is 41.5 Å². The smallest absolute Gasteiger partial charge is 0.238 e. The lowest BCUT2D eigenvalue weighted by atomic mass is 9.98. The second-order valence-electron chi connectivity index (χ2n) is 11.1. The van der Waals surface area contributed by atoms with E-state index < -0.39 is 0 Å². The Morgan fingerprint density at radius 1 is 0.522 bits per heavy atom. The van der Waals surface area contributed by atoms with Crippen LogP contribution in [0.1, 0.15) is 0 Å². The van der Waals surface area contributed by atoms with Gasteiger partial charge in [-0.25, -0.2) is 9.83 Å². The first kappa shape index (κ1) is 25.9. The normalized spacial score (nSPS) is 11.5. The number of para-hydroxylation sites is 3. The molecule has 0 saturated carbocycles. The maximum atomic E-state index is 7.71. The van der Waals surface area contributed by atoms with Gasteiger partial charge in [0, 0.05) is 32.7 Å². The number of benzene rings is 6. The topological polar surface area (TPSA) is 61.1 Å². The van der Waals surface area contributed by atoms with Crippen molar-refractivity contribution in [3.05, 3.63) is 151 Å². The van der Waals surface area contributed by atoms with E-state index in [1.165, 1.54) is 0 Å². The van der Waals surface area contributed by atoms with Crippen LogP contribution >= 0.6 is 0 Å². The first-order chi connectivity index (χ1) is 22.8. The van der Waals surface area contributed by atoms with Crippen LogP contribution in [0, 0.1) is 6.57 Å². The molecule has 3 heterocycles. The van der Waals surface area contributed by atoms with Crippen molar-refractivity contribution >= 4 is 49.4 Å². The molecule has 0 spiro atoms. The lowest BCUT2D eigenvalue weighted by molar-refractivity contribution is 0.669. The number of nitrogens with zero attached hydrogens (tertiary/aromatic N) is 5. The zero-order valence-electron chi connectivity index (χ0n) is 24.4. The number of rotatable bonds is 4. The second kappa shape index (κ2) is 10.3. The van der Waals surface area contributed by atoms with Gasteiger partial charge in [0.1, 0.15) is 11.2 Å². The molecule has 0 N–H and O–H groups in total. The molecule has 0 radical (unpaired) electrons. The number of furan rings is 1. The summed E-state index contributed by atoms with van der Waals surface area (Å²) in [4.78, 5) is 18.9. The summed E-state index contributed by atoms with van der Waals surface area (Å²) in [7, 11) is 0. The number of aromatic nitrogens is 4. The van der Waals surface area contributed by atoms with E-state index in [-0.39, 0.29) is 0 Å². The zero-order valence-corrected chi connectivity index (χ0v) is 24.4. The van der Waals surface area contributed by atoms with E-state index in [0.29, 0.717) is 23.3 Å². The molecule has 0 fully saturated rings. The molecule has 9 aromatic rings. The summed E-state index contributed by atoms with van der Waals surface area (Å²) in [5.41, 5.74) is 7.72. The molecule has 6 nitrogen and oxygen atoms in total. The van der Waals surface area contributed by atoms with Crippen molar-refractivity contribution in [3.8, 4) is 39.9 Å². The number of fused-ring (bicyclic) bond motifs is 6. The fourth-order valence-electron chi connectivity index (χ4n) is 6.44. The van der Waals surface area contributed by atoms with Gasteiger partial charge < -0.3 is 4.42 Å². The maximum Gasteiger partial charge on any atom is 0.238 e. The van der Waals surface area contributed by atoms with Crippen molar-refractivity contribution in [1.82, 2.24) is 19.5 Å². The highest BCUT2D eigenvalue weighted by molar-refractivity contribution is 6.14. The SMILES string of the molecule is [C-]#[N+]c1ccccc1-c1cccc2oc3cc(-c4nc(-c5ccccc5)nc(-n5c6ccccc6c6ccccc65)n4)ccc3c12. The van der Waals surface area contributed by atoms with Crippen LogP contribution in [0.15, 0.2) is 144 Å². The van der Waals surface area contributed by atoms with Crippen LogP contribution in [0.2, 0.25) is 0 Å². The molecule has 0 aliphatic carbocycles. The van der Waals surface area contributed by atoms with E-state index in [4.69, 9.17) is 25.9 Å². The molecule has 0 aliphatic rings. The lowest BCUT2D eigenvalue weighted by Crippen LogP contribution is -2.06. The third-order valence-electron chi connectivity index (χ3n) is 8.51. The van der Waals surface area contributed by atoms with Crippen LogP contribution in [0.3, 0.4) is 0 Å². The van der Waals surface area contributed by atoms with Gasteiger partial charge in [-0.3, -0.25) is 4.57 Å². The summed E-state index contributed by atoms with van der Waals surface area (Å²) in [6.45, 7) is 7.71. The van der Waals surface area contributed by atoms with E-state index in [2.05, 4.69) is 51.9 Å². The summed E-state index contributed by atoms with van der Waals surface area (Å²) >= 11 is 0. The minimum atomic E-state index is 0.545. The fraction of sp³-hybridized carbons (Fsp3) is 0. The van der Waals surface area contributed by atoms with Crippen LogP contribution in [0.4, 0.5) is 5.69 Å². The van der Waals surface area contributed by atoms with Gasteiger partial charge in [0.15, 0.2) is 17.3 Å². The van der Waals surface area contributed by atoms with Gasteiger partial charge in [0.25, 0.3) is 0 Å². The molecule has 6 heteroatoms. The molecule has 6 aromatic carbocycles. The third-order valence-corrected chi connectivity index (χ3v) is 8.51. The zero-order chi connectivity index (χ0) is 30.6. The van der Waals surface area contributed by atoms with Crippen molar-refractivity contribution in [1.29, 1.82) is 0 Å². The molecule has 214 valence electrons. The third kappa shape index (κ3) is 4.00. The standard InChI is InChI=1S/C40H23N5O/c1-41-32-18-8-5-14-27(32)30-17-11-21-35-37(30)31-23-22-26(24-36(31)46-35)39-42-38(25-12-3-2-4-13-25)43-40(44-39)45-33-19-9-6-15-28(33)29-16-7-10-20-34(29)45/h2-24H. The van der Waals surface area contributed by atoms with Gasteiger partial charge in [-0.2, -0.15) is 9.97 Å². The van der Waals surface area contributed by atoms with Gasteiger partial charge in [-0.15, -0.1) is 0 Å². The highest BCUT2D eigenvalue weighted by atomic mass is 16.3. The van der Waals surface area contributed by atoms with E-state index in [0.717, 1.165) is 66.0 Å². The largest absolute Gasteiger partial charge is 0.456 e. The number of hydrogen-bond donors (Lipinski definition) is 0. The first-order valence-electron chi connectivity index (χ1n) is 15.0. The lowest BCUT2D eigenvalue weighted by Gasteiger charge is -2.11. The Morgan fingerprint density at radius 3 is 1.93 bits per heavy atom. The highest BCUT2D eigenvalue weighted by Gasteiger charge is 2.19.